The number of allylic oxidation sites excluding steroid dienone is 1. The molecule has 0 aliphatic heterocycles. The Morgan fingerprint density at radius 3 is 1.56 bits per heavy atom. The van der Waals surface area contributed by atoms with Gasteiger partial charge in [0.15, 0.2) is 0 Å². The first-order valence-corrected chi connectivity index (χ1v) is 4.46. The maximum atomic E-state index is 13.2. The average Bonchev–Trinajstić information content (AvgIpc) is 2.10. The summed E-state index contributed by atoms with van der Waals surface area (Å²) in [5, 5.41) is 9.31. The molecule has 0 saturated heterocycles. The van der Waals surface area contributed by atoms with Crippen molar-refractivity contribution in [3.05, 3.63) is 12.2 Å². The van der Waals surface area contributed by atoms with Gasteiger partial charge in [-0.05, 0) is 18.1 Å². The number of halogens is 6. The van der Waals surface area contributed by atoms with Gasteiger partial charge in [0.05, 0.1) is 0 Å². The number of rotatable bonds is 1. The summed E-state index contributed by atoms with van der Waals surface area (Å²) in [4.78, 5) is 0. The highest BCUT2D eigenvalue weighted by molar-refractivity contribution is 5.26. The van der Waals surface area contributed by atoms with Crippen LogP contribution in [0.4, 0.5) is 26.3 Å². The molecule has 0 aromatic rings. The van der Waals surface area contributed by atoms with E-state index >= 15 is 0 Å². The normalized spacial score (nSPS) is 35.4. The van der Waals surface area contributed by atoms with Crippen LogP contribution in [0, 0.1) is 5.92 Å². The van der Waals surface area contributed by atoms with E-state index in [1.807, 2.05) is 0 Å². The van der Waals surface area contributed by atoms with E-state index in [1.165, 1.54) is 0 Å². The maximum Gasteiger partial charge on any atom is 0.348 e. The van der Waals surface area contributed by atoms with Crippen molar-refractivity contribution < 1.29 is 31.4 Å². The molecule has 1 nitrogen and oxygen atoms in total. The first-order chi connectivity index (χ1) is 6.90. The van der Waals surface area contributed by atoms with Crippen LogP contribution in [0.25, 0.3) is 0 Å². The Bertz CT molecular complexity index is 322. The lowest BCUT2D eigenvalue weighted by atomic mass is 9.73. The Morgan fingerprint density at radius 1 is 0.875 bits per heavy atom. The molecule has 16 heavy (non-hydrogen) atoms. The minimum atomic E-state index is -5.23. The van der Waals surface area contributed by atoms with Crippen LogP contribution in [-0.4, -0.2) is 28.5 Å². The van der Waals surface area contributed by atoms with Crippen molar-refractivity contribution in [2.75, 3.05) is 0 Å². The van der Waals surface area contributed by atoms with E-state index in [0.717, 1.165) is 13.8 Å². The van der Waals surface area contributed by atoms with Crippen LogP contribution < -0.4 is 0 Å². The van der Waals surface area contributed by atoms with Crippen LogP contribution in [-0.2, 0) is 0 Å². The van der Waals surface area contributed by atoms with Gasteiger partial charge in [-0.1, -0.05) is 13.8 Å². The highest BCUT2D eigenvalue weighted by Gasteiger charge is 2.79. The Morgan fingerprint density at radius 2 is 1.25 bits per heavy atom. The van der Waals surface area contributed by atoms with Crippen LogP contribution in [0.5, 0.6) is 0 Å². The second-order valence-corrected chi connectivity index (χ2v) is 4.07. The van der Waals surface area contributed by atoms with Crippen molar-refractivity contribution in [2.24, 2.45) is 5.92 Å². The van der Waals surface area contributed by atoms with Gasteiger partial charge in [-0.2, -0.15) is 26.3 Å². The second kappa shape index (κ2) is 3.15. The van der Waals surface area contributed by atoms with E-state index in [2.05, 4.69) is 0 Å². The third kappa shape index (κ3) is 1.30. The number of aliphatic hydroxyl groups is 1. The Labute approximate surface area is 87.8 Å². The molecular formula is C9H10F6O. The molecule has 1 aliphatic rings. The molecule has 94 valence electrons. The fraction of sp³-hybridized carbons (Fsp3) is 0.778. The summed E-state index contributed by atoms with van der Waals surface area (Å²) >= 11 is 0. The van der Waals surface area contributed by atoms with Crippen LogP contribution in [0.2, 0.25) is 0 Å². The molecular weight excluding hydrogens is 238 g/mol. The van der Waals surface area contributed by atoms with Gasteiger partial charge in [-0.15, -0.1) is 0 Å². The summed E-state index contributed by atoms with van der Waals surface area (Å²) in [6, 6.07) is 0. The number of hydrogen-bond donors (Lipinski definition) is 1. The van der Waals surface area contributed by atoms with Crippen LogP contribution in [0.15, 0.2) is 12.2 Å². The van der Waals surface area contributed by atoms with Gasteiger partial charge in [0, 0.05) is 0 Å². The van der Waals surface area contributed by atoms with Crippen molar-refractivity contribution in [1.29, 1.82) is 0 Å². The largest absolute Gasteiger partial charge is 0.377 e. The summed E-state index contributed by atoms with van der Waals surface area (Å²) in [5.74, 6) is -16.2. The van der Waals surface area contributed by atoms with Gasteiger partial charge < -0.3 is 5.11 Å². The quantitative estimate of drug-likeness (QED) is 0.558. The van der Waals surface area contributed by atoms with Gasteiger partial charge in [0.25, 0.3) is 0 Å². The predicted molar refractivity (Wildman–Crippen MR) is 43.8 cm³/mol. The Hall–Kier alpha value is -0.720. The molecule has 0 aromatic carbocycles. The Balaban J connectivity index is 3.49. The third-order valence-electron chi connectivity index (χ3n) is 2.74. The molecule has 1 rings (SSSR count). The smallest absolute Gasteiger partial charge is 0.348 e. The molecule has 1 unspecified atom stereocenters. The first-order valence-electron chi connectivity index (χ1n) is 4.46. The highest BCUT2D eigenvalue weighted by Crippen LogP contribution is 2.56. The molecule has 1 N–H and O–H groups in total. The second-order valence-electron chi connectivity index (χ2n) is 4.07. The lowest BCUT2D eigenvalue weighted by Gasteiger charge is -2.47. The zero-order valence-corrected chi connectivity index (χ0v) is 8.45. The third-order valence-corrected chi connectivity index (χ3v) is 2.74. The van der Waals surface area contributed by atoms with Crippen molar-refractivity contribution >= 4 is 0 Å². The van der Waals surface area contributed by atoms with E-state index in [0.29, 0.717) is 0 Å². The first kappa shape index (κ1) is 13.3. The molecule has 7 heteroatoms. The summed E-state index contributed by atoms with van der Waals surface area (Å²) in [6.07, 6.45) is -0.936. The lowest BCUT2D eigenvalue weighted by molar-refractivity contribution is -0.345. The zero-order chi connectivity index (χ0) is 13.0. The SMILES string of the molecule is CC(C)C1(O)C(F)(F)C=CC(F)(F)C1(F)F. The molecule has 0 saturated carbocycles. The molecule has 1 atom stereocenters. The van der Waals surface area contributed by atoms with E-state index in [4.69, 9.17) is 0 Å². The lowest BCUT2D eigenvalue weighted by Crippen LogP contribution is -2.70. The minimum absolute atomic E-state index is 0.371. The standard InChI is InChI=1S/C9H10F6O/c1-5(2)8(16)6(10,11)3-4-7(12,13)9(8,14)15/h3-5,16H,1-2H3. The molecule has 0 bridgehead atoms. The minimum Gasteiger partial charge on any atom is -0.377 e. The number of alkyl halides is 6. The fourth-order valence-electron chi connectivity index (χ4n) is 1.65. The van der Waals surface area contributed by atoms with E-state index < -0.39 is 35.4 Å². The predicted octanol–water partition coefficient (Wildman–Crippen LogP) is 2.85. The van der Waals surface area contributed by atoms with Crippen molar-refractivity contribution in [2.45, 2.75) is 37.2 Å². The molecule has 0 amide bonds. The highest BCUT2D eigenvalue weighted by atomic mass is 19.3. The Kier molecular flexibility index (Phi) is 2.63. The van der Waals surface area contributed by atoms with Crippen molar-refractivity contribution in [3.63, 3.8) is 0 Å². The molecule has 0 radical (unpaired) electrons. The zero-order valence-electron chi connectivity index (χ0n) is 8.45. The number of hydrogen-bond acceptors (Lipinski definition) is 1. The van der Waals surface area contributed by atoms with Crippen molar-refractivity contribution in [3.8, 4) is 0 Å². The van der Waals surface area contributed by atoms with Gasteiger partial charge in [-0.3, -0.25) is 0 Å². The molecule has 0 fully saturated rings. The van der Waals surface area contributed by atoms with Crippen LogP contribution in [0.1, 0.15) is 13.8 Å². The topological polar surface area (TPSA) is 20.2 Å². The fourth-order valence-corrected chi connectivity index (χ4v) is 1.65. The summed E-state index contributed by atoms with van der Waals surface area (Å²) in [6.45, 7) is 1.66. The van der Waals surface area contributed by atoms with Crippen LogP contribution in [0.3, 0.4) is 0 Å². The summed E-state index contributed by atoms with van der Waals surface area (Å²) < 4.78 is 78.6. The molecule has 0 spiro atoms. The molecule has 0 heterocycles. The monoisotopic (exact) mass is 248 g/mol. The van der Waals surface area contributed by atoms with E-state index in [-0.39, 0.29) is 6.08 Å². The van der Waals surface area contributed by atoms with Crippen LogP contribution >= 0.6 is 0 Å². The molecule has 1 aliphatic carbocycles. The van der Waals surface area contributed by atoms with Gasteiger partial charge in [-0.25, -0.2) is 0 Å². The van der Waals surface area contributed by atoms with Crippen molar-refractivity contribution in [1.82, 2.24) is 0 Å². The summed E-state index contributed by atoms with van der Waals surface area (Å²) in [5.41, 5.74) is -4.10. The maximum absolute atomic E-state index is 13.2. The van der Waals surface area contributed by atoms with E-state index in [9.17, 15) is 31.4 Å². The van der Waals surface area contributed by atoms with Gasteiger partial charge in [0.1, 0.15) is 0 Å². The average molecular weight is 248 g/mol. The molecule has 0 aromatic heterocycles. The van der Waals surface area contributed by atoms with E-state index in [1.54, 1.807) is 0 Å². The van der Waals surface area contributed by atoms with Gasteiger partial charge >= 0.3 is 17.8 Å². The van der Waals surface area contributed by atoms with Gasteiger partial charge in [0.2, 0.25) is 5.60 Å². The summed E-state index contributed by atoms with van der Waals surface area (Å²) in [7, 11) is 0.